The van der Waals surface area contributed by atoms with E-state index in [2.05, 4.69) is 20.2 Å². The molecule has 0 spiro atoms. The first-order chi connectivity index (χ1) is 9.03. The van der Waals surface area contributed by atoms with Crippen LogP contribution in [0.15, 0.2) is 4.90 Å². The van der Waals surface area contributed by atoms with Crippen molar-refractivity contribution in [1.29, 1.82) is 0 Å². The van der Waals surface area contributed by atoms with Crippen LogP contribution in [0.5, 0.6) is 0 Å². The Morgan fingerprint density at radius 3 is 2.74 bits per heavy atom. The lowest BCUT2D eigenvalue weighted by atomic mass is 10.3. The van der Waals surface area contributed by atoms with E-state index in [0.29, 0.717) is 24.5 Å². The van der Waals surface area contributed by atoms with E-state index in [4.69, 9.17) is 0 Å². The van der Waals surface area contributed by atoms with Crippen LogP contribution < -0.4 is 10.0 Å². The molecule has 1 aromatic heterocycles. The second-order valence-electron chi connectivity index (χ2n) is 4.25. The number of sulfonamides is 1. The van der Waals surface area contributed by atoms with E-state index in [-0.39, 0.29) is 4.90 Å². The minimum atomic E-state index is -3.48. The van der Waals surface area contributed by atoms with E-state index in [1.165, 1.54) is 0 Å². The van der Waals surface area contributed by atoms with Crippen molar-refractivity contribution in [1.82, 2.24) is 20.2 Å². The SMILES string of the molecule is CNCc1n[nH]c(C)c1S(=O)(=O)NCCCCSC. The summed E-state index contributed by atoms with van der Waals surface area (Å²) < 4.78 is 27.1. The monoisotopic (exact) mass is 306 g/mol. The van der Waals surface area contributed by atoms with Crippen molar-refractivity contribution in [2.24, 2.45) is 0 Å². The molecule has 0 aliphatic rings. The largest absolute Gasteiger partial charge is 0.314 e. The summed E-state index contributed by atoms with van der Waals surface area (Å²) in [7, 11) is -1.72. The normalized spacial score (nSPS) is 11.9. The van der Waals surface area contributed by atoms with Crippen LogP contribution >= 0.6 is 11.8 Å². The molecule has 0 aliphatic heterocycles. The number of nitrogens with zero attached hydrogens (tertiary/aromatic N) is 1. The molecule has 0 amide bonds. The van der Waals surface area contributed by atoms with Gasteiger partial charge in [-0.05, 0) is 38.8 Å². The zero-order valence-electron chi connectivity index (χ0n) is 11.6. The van der Waals surface area contributed by atoms with Gasteiger partial charge in [0.1, 0.15) is 4.90 Å². The maximum Gasteiger partial charge on any atom is 0.244 e. The van der Waals surface area contributed by atoms with Gasteiger partial charge in [0.2, 0.25) is 10.0 Å². The lowest BCUT2D eigenvalue weighted by molar-refractivity contribution is 0.576. The summed E-state index contributed by atoms with van der Waals surface area (Å²) >= 11 is 1.77. The number of nitrogens with one attached hydrogen (secondary N) is 3. The Kier molecular flexibility index (Phi) is 6.84. The highest BCUT2D eigenvalue weighted by molar-refractivity contribution is 7.98. The first-order valence-corrected chi connectivity index (χ1v) is 9.07. The zero-order chi connectivity index (χ0) is 14.3. The van der Waals surface area contributed by atoms with Crippen LogP contribution in [0.4, 0.5) is 0 Å². The second-order valence-corrected chi connectivity index (χ2v) is 6.94. The molecule has 0 radical (unpaired) electrons. The fourth-order valence-corrected chi connectivity index (χ4v) is 3.69. The lowest BCUT2D eigenvalue weighted by Crippen LogP contribution is -2.26. The smallest absolute Gasteiger partial charge is 0.244 e. The van der Waals surface area contributed by atoms with E-state index >= 15 is 0 Å². The van der Waals surface area contributed by atoms with Crippen molar-refractivity contribution in [3.05, 3.63) is 11.4 Å². The molecule has 1 heterocycles. The molecular formula is C11H22N4O2S2. The van der Waals surface area contributed by atoms with Crippen LogP contribution in [0.1, 0.15) is 24.2 Å². The highest BCUT2D eigenvalue weighted by atomic mass is 32.2. The predicted octanol–water partition coefficient (Wildman–Crippen LogP) is 0.859. The third kappa shape index (κ3) is 4.79. The van der Waals surface area contributed by atoms with Gasteiger partial charge in [-0.25, -0.2) is 13.1 Å². The van der Waals surface area contributed by atoms with Crippen LogP contribution in [0, 0.1) is 6.92 Å². The molecule has 0 aliphatic carbocycles. The quantitative estimate of drug-likeness (QED) is 0.589. The summed E-state index contributed by atoms with van der Waals surface area (Å²) in [6.45, 7) is 2.61. The molecule has 1 aromatic rings. The van der Waals surface area contributed by atoms with Crippen LogP contribution in [-0.2, 0) is 16.6 Å². The van der Waals surface area contributed by atoms with Crippen LogP contribution in [0.3, 0.4) is 0 Å². The summed E-state index contributed by atoms with van der Waals surface area (Å²) in [5, 5.41) is 9.66. The van der Waals surface area contributed by atoms with E-state index in [0.717, 1.165) is 18.6 Å². The number of unbranched alkanes of at least 4 members (excludes halogenated alkanes) is 1. The van der Waals surface area contributed by atoms with E-state index in [9.17, 15) is 8.42 Å². The van der Waals surface area contributed by atoms with Crippen LogP contribution in [0.25, 0.3) is 0 Å². The Bertz CT molecular complexity index is 485. The molecule has 6 nitrogen and oxygen atoms in total. The molecule has 1 rings (SSSR count). The molecule has 19 heavy (non-hydrogen) atoms. The molecule has 0 unspecified atom stereocenters. The van der Waals surface area contributed by atoms with E-state index in [1.54, 1.807) is 25.7 Å². The third-order valence-electron chi connectivity index (χ3n) is 2.64. The minimum absolute atomic E-state index is 0.270. The molecule has 8 heteroatoms. The number of aromatic amines is 1. The molecule has 0 aromatic carbocycles. The van der Waals surface area contributed by atoms with Crippen molar-refractivity contribution in [2.45, 2.75) is 31.2 Å². The number of aryl methyl sites for hydroxylation is 1. The van der Waals surface area contributed by atoms with Crippen LogP contribution in [0.2, 0.25) is 0 Å². The maximum atomic E-state index is 12.2. The number of hydrogen-bond acceptors (Lipinski definition) is 5. The van der Waals surface area contributed by atoms with Gasteiger partial charge in [0.15, 0.2) is 0 Å². The van der Waals surface area contributed by atoms with E-state index in [1.807, 2.05) is 6.26 Å². The zero-order valence-corrected chi connectivity index (χ0v) is 13.2. The third-order valence-corrected chi connectivity index (χ3v) is 5.00. The van der Waals surface area contributed by atoms with Gasteiger partial charge >= 0.3 is 0 Å². The van der Waals surface area contributed by atoms with Crippen LogP contribution in [-0.4, -0.2) is 44.2 Å². The fourth-order valence-electron chi connectivity index (χ4n) is 1.76. The molecule has 0 atom stereocenters. The minimum Gasteiger partial charge on any atom is -0.314 e. The van der Waals surface area contributed by atoms with Gasteiger partial charge in [-0.2, -0.15) is 16.9 Å². The van der Waals surface area contributed by atoms with Gasteiger partial charge in [-0.1, -0.05) is 0 Å². The summed E-state index contributed by atoms with van der Waals surface area (Å²) in [6.07, 6.45) is 3.90. The number of hydrogen-bond donors (Lipinski definition) is 3. The average molecular weight is 306 g/mol. The standard InChI is InChI=1S/C11H22N4O2S2/c1-9-11(10(8-12-2)15-14-9)19(16,17)13-6-4-5-7-18-3/h12-13H,4-8H2,1-3H3,(H,14,15). The van der Waals surface area contributed by atoms with Gasteiger partial charge < -0.3 is 5.32 Å². The molecule has 3 N–H and O–H groups in total. The maximum absolute atomic E-state index is 12.2. The molecule has 0 saturated heterocycles. The van der Waals surface area contributed by atoms with Gasteiger partial charge in [0.05, 0.1) is 11.4 Å². The van der Waals surface area contributed by atoms with Crippen molar-refractivity contribution in [3.8, 4) is 0 Å². The topological polar surface area (TPSA) is 86.9 Å². The van der Waals surface area contributed by atoms with Crippen molar-refractivity contribution in [2.75, 3.05) is 25.6 Å². The van der Waals surface area contributed by atoms with E-state index < -0.39 is 10.0 Å². The number of H-pyrrole nitrogens is 1. The first kappa shape index (κ1) is 16.5. The summed E-state index contributed by atoms with van der Waals surface area (Å²) in [5.41, 5.74) is 1.10. The first-order valence-electron chi connectivity index (χ1n) is 6.20. The Morgan fingerprint density at radius 2 is 2.11 bits per heavy atom. The molecule has 0 saturated carbocycles. The van der Waals surface area contributed by atoms with Crippen molar-refractivity contribution in [3.63, 3.8) is 0 Å². The molecule has 0 fully saturated rings. The number of thioether (sulfide) groups is 1. The lowest BCUT2D eigenvalue weighted by Gasteiger charge is -2.07. The molecule has 110 valence electrons. The fraction of sp³-hybridized carbons (Fsp3) is 0.727. The van der Waals surface area contributed by atoms with Crippen molar-refractivity contribution >= 4 is 21.8 Å². The summed E-state index contributed by atoms with van der Waals surface area (Å²) in [5.74, 6) is 1.05. The van der Waals surface area contributed by atoms with Gasteiger partial charge in [-0.15, -0.1) is 0 Å². The predicted molar refractivity (Wildman–Crippen MR) is 78.9 cm³/mol. The summed E-state index contributed by atoms with van der Waals surface area (Å²) in [4.78, 5) is 0.270. The Labute approximate surface area is 119 Å². The number of rotatable bonds is 9. The average Bonchev–Trinajstić information content (AvgIpc) is 2.71. The Morgan fingerprint density at radius 1 is 1.37 bits per heavy atom. The highest BCUT2D eigenvalue weighted by Crippen LogP contribution is 2.17. The summed E-state index contributed by atoms with van der Waals surface area (Å²) in [6, 6.07) is 0. The van der Waals surface area contributed by atoms with Gasteiger partial charge in [0.25, 0.3) is 0 Å². The Balaban J connectivity index is 2.69. The molecular weight excluding hydrogens is 284 g/mol. The number of aromatic nitrogens is 2. The second kappa shape index (κ2) is 7.88. The highest BCUT2D eigenvalue weighted by Gasteiger charge is 2.23. The Hall–Kier alpha value is -0.570. The molecule has 0 bridgehead atoms. The van der Waals surface area contributed by atoms with Crippen molar-refractivity contribution < 1.29 is 8.42 Å². The van der Waals surface area contributed by atoms with Gasteiger partial charge in [0, 0.05) is 13.1 Å². The van der Waals surface area contributed by atoms with Gasteiger partial charge in [-0.3, -0.25) is 5.10 Å².